The Hall–Kier alpha value is -2.97. The Labute approximate surface area is 175 Å². The lowest BCUT2D eigenvalue weighted by atomic mass is 10.1. The van der Waals surface area contributed by atoms with Crippen molar-refractivity contribution in [1.29, 1.82) is 0 Å². The first kappa shape index (κ1) is 18.1. The molecule has 146 valence electrons. The highest BCUT2D eigenvalue weighted by atomic mass is 32.1. The molecule has 0 saturated heterocycles. The van der Waals surface area contributed by atoms with Gasteiger partial charge in [0.25, 0.3) is 0 Å². The molecule has 0 amide bonds. The van der Waals surface area contributed by atoms with E-state index in [1.54, 1.807) is 23.6 Å². The molecule has 0 bridgehead atoms. The standard InChI is InChI=1S/C21H18N4O2S2/c1-2-27-19(26)16-12-28-21(24-16)25-10-9-13-11-14(7-8-17(13)25)22-20-23-15-5-3-4-6-18(15)29-20/h3-8,11-12H,2,9-10H2,1H3,(H,22,23). The van der Waals surface area contributed by atoms with E-state index in [-0.39, 0.29) is 5.97 Å². The van der Waals surface area contributed by atoms with Gasteiger partial charge in [-0.1, -0.05) is 23.5 Å². The number of carbonyl (C=O) groups excluding carboxylic acids is 1. The fourth-order valence-electron chi connectivity index (χ4n) is 3.41. The SMILES string of the molecule is CCOC(=O)c1csc(N2CCc3cc(Nc4nc5ccccc5s4)ccc32)n1. The van der Waals surface area contributed by atoms with Gasteiger partial charge in [0, 0.05) is 23.3 Å². The van der Waals surface area contributed by atoms with Gasteiger partial charge in [0.15, 0.2) is 16.0 Å². The van der Waals surface area contributed by atoms with Crippen LogP contribution in [0, 0.1) is 0 Å². The Kier molecular flexibility index (Phi) is 4.65. The number of aromatic nitrogens is 2. The second-order valence-electron chi connectivity index (χ2n) is 6.59. The molecule has 1 aliphatic rings. The number of nitrogens with one attached hydrogen (secondary N) is 1. The van der Waals surface area contributed by atoms with Crippen LogP contribution < -0.4 is 10.2 Å². The number of para-hydroxylation sites is 1. The van der Waals surface area contributed by atoms with Gasteiger partial charge < -0.3 is 15.0 Å². The Bertz CT molecular complexity index is 1170. The molecule has 2 aromatic heterocycles. The van der Waals surface area contributed by atoms with E-state index in [9.17, 15) is 4.79 Å². The fraction of sp³-hybridized carbons (Fsp3) is 0.190. The number of fused-ring (bicyclic) bond motifs is 2. The molecule has 0 spiro atoms. The molecule has 0 fully saturated rings. The number of anilines is 4. The number of benzene rings is 2. The van der Waals surface area contributed by atoms with Crippen LogP contribution in [0.3, 0.4) is 0 Å². The molecule has 1 N–H and O–H groups in total. The van der Waals surface area contributed by atoms with Crippen LogP contribution in [-0.2, 0) is 11.2 Å². The molecule has 0 atom stereocenters. The Morgan fingerprint density at radius 3 is 3.00 bits per heavy atom. The highest BCUT2D eigenvalue weighted by Crippen LogP contribution is 2.38. The van der Waals surface area contributed by atoms with Crippen molar-refractivity contribution in [3.8, 4) is 0 Å². The van der Waals surface area contributed by atoms with Gasteiger partial charge in [-0.3, -0.25) is 0 Å². The topological polar surface area (TPSA) is 67.3 Å². The number of hydrogen-bond donors (Lipinski definition) is 1. The number of carbonyl (C=O) groups is 1. The van der Waals surface area contributed by atoms with Crippen LogP contribution in [0.5, 0.6) is 0 Å². The highest BCUT2D eigenvalue weighted by molar-refractivity contribution is 7.22. The van der Waals surface area contributed by atoms with E-state index in [2.05, 4.69) is 44.5 Å². The van der Waals surface area contributed by atoms with Crippen LogP contribution in [0.25, 0.3) is 10.2 Å². The lowest BCUT2D eigenvalue weighted by Gasteiger charge is -2.16. The number of nitrogens with zero attached hydrogens (tertiary/aromatic N) is 3. The van der Waals surface area contributed by atoms with Crippen LogP contribution in [0.2, 0.25) is 0 Å². The van der Waals surface area contributed by atoms with E-state index in [1.165, 1.54) is 21.6 Å². The molecule has 3 heterocycles. The predicted octanol–water partition coefficient (Wildman–Crippen LogP) is 5.37. The quantitative estimate of drug-likeness (QED) is 0.436. The summed E-state index contributed by atoms with van der Waals surface area (Å²) in [5.74, 6) is -0.371. The van der Waals surface area contributed by atoms with Crippen molar-refractivity contribution >= 4 is 60.5 Å². The Morgan fingerprint density at radius 2 is 2.14 bits per heavy atom. The Morgan fingerprint density at radius 1 is 1.24 bits per heavy atom. The monoisotopic (exact) mass is 422 g/mol. The third-order valence-electron chi connectivity index (χ3n) is 4.73. The summed E-state index contributed by atoms with van der Waals surface area (Å²) >= 11 is 3.11. The molecule has 4 aromatic rings. The fourth-order valence-corrected chi connectivity index (χ4v) is 5.13. The molecule has 0 unspecified atom stereocenters. The average molecular weight is 423 g/mol. The summed E-state index contributed by atoms with van der Waals surface area (Å²) in [4.78, 5) is 23.2. The molecular weight excluding hydrogens is 404 g/mol. The van der Waals surface area contributed by atoms with Crippen LogP contribution in [0.1, 0.15) is 23.0 Å². The third kappa shape index (κ3) is 3.45. The minimum Gasteiger partial charge on any atom is -0.461 e. The van der Waals surface area contributed by atoms with Crippen molar-refractivity contribution in [3.05, 3.63) is 59.1 Å². The van der Waals surface area contributed by atoms with Crippen molar-refractivity contribution in [3.63, 3.8) is 0 Å². The second kappa shape index (κ2) is 7.46. The summed E-state index contributed by atoms with van der Waals surface area (Å²) < 4.78 is 6.21. The first-order valence-electron chi connectivity index (χ1n) is 9.37. The van der Waals surface area contributed by atoms with Crippen molar-refractivity contribution < 1.29 is 9.53 Å². The normalized spacial score (nSPS) is 12.9. The van der Waals surface area contributed by atoms with Gasteiger partial charge in [-0.15, -0.1) is 11.3 Å². The molecule has 8 heteroatoms. The van der Waals surface area contributed by atoms with Crippen molar-refractivity contribution in [2.24, 2.45) is 0 Å². The number of thiazole rings is 2. The zero-order valence-corrected chi connectivity index (χ0v) is 17.3. The molecule has 2 aromatic carbocycles. The van der Waals surface area contributed by atoms with E-state index in [4.69, 9.17) is 4.74 Å². The molecule has 5 rings (SSSR count). The maximum Gasteiger partial charge on any atom is 0.357 e. The summed E-state index contributed by atoms with van der Waals surface area (Å²) in [6, 6.07) is 14.5. The maximum absolute atomic E-state index is 11.9. The van der Waals surface area contributed by atoms with E-state index in [0.717, 1.165) is 40.1 Å². The van der Waals surface area contributed by atoms with E-state index in [1.807, 2.05) is 18.2 Å². The summed E-state index contributed by atoms with van der Waals surface area (Å²) in [7, 11) is 0. The molecule has 1 aliphatic heterocycles. The van der Waals surface area contributed by atoms with Gasteiger partial charge in [0.05, 0.1) is 16.8 Å². The van der Waals surface area contributed by atoms with Gasteiger partial charge in [0.2, 0.25) is 0 Å². The molecule has 0 saturated carbocycles. The number of hydrogen-bond acceptors (Lipinski definition) is 8. The molecule has 29 heavy (non-hydrogen) atoms. The van der Waals surface area contributed by atoms with Crippen LogP contribution in [0.15, 0.2) is 47.8 Å². The molecular formula is C21H18N4O2S2. The number of rotatable bonds is 5. The largest absolute Gasteiger partial charge is 0.461 e. The zero-order valence-electron chi connectivity index (χ0n) is 15.7. The zero-order chi connectivity index (χ0) is 19.8. The van der Waals surface area contributed by atoms with E-state index >= 15 is 0 Å². The minimum atomic E-state index is -0.371. The van der Waals surface area contributed by atoms with Crippen molar-refractivity contribution in [2.75, 3.05) is 23.4 Å². The van der Waals surface area contributed by atoms with E-state index < -0.39 is 0 Å². The van der Waals surface area contributed by atoms with Crippen molar-refractivity contribution in [2.45, 2.75) is 13.3 Å². The van der Waals surface area contributed by atoms with Crippen LogP contribution in [-0.4, -0.2) is 29.1 Å². The smallest absolute Gasteiger partial charge is 0.357 e. The van der Waals surface area contributed by atoms with Gasteiger partial charge in [-0.2, -0.15) is 0 Å². The second-order valence-corrected chi connectivity index (χ2v) is 8.46. The third-order valence-corrected chi connectivity index (χ3v) is 6.54. The van der Waals surface area contributed by atoms with Gasteiger partial charge in [-0.25, -0.2) is 14.8 Å². The van der Waals surface area contributed by atoms with Gasteiger partial charge >= 0.3 is 5.97 Å². The number of esters is 1. The first-order valence-corrected chi connectivity index (χ1v) is 11.1. The number of ether oxygens (including phenoxy) is 1. The maximum atomic E-state index is 11.9. The molecule has 0 aliphatic carbocycles. The predicted molar refractivity (Wildman–Crippen MR) is 118 cm³/mol. The lowest BCUT2D eigenvalue weighted by molar-refractivity contribution is 0.0520. The minimum absolute atomic E-state index is 0.350. The first-order chi connectivity index (χ1) is 14.2. The Balaban J connectivity index is 1.36. The summed E-state index contributed by atoms with van der Waals surface area (Å²) in [6.07, 6.45) is 0.930. The highest BCUT2D eigenvalue weighted by Gasteiger charge is 2.24. The van der Waals surface area contributed by atoms with Crippen molar-refractivity contribution in [1.82, 2.24) is 9.97 Å². The summed E-state index contributed by atoms with van der Waals surface area (Å²) in [5, 5.41) is 6.89. The summed E-state index contributed by atoms with van der Waals surface area (Å²) in [6.45, 7) is 2.99. The average Bonchev–Trinajstić information content (AvgIpc) is 3.45. The van der Waals surface area contributed by atoms with E-state index in [0.29, 0.717) is 12.3 Å². The van der Waals surface area contributed by atoms with Crippen LogP contribution in [0.4, 0.5) is 21.6 Å². The molecule has 0 radical (unpaired) electrons. The van der Waals surface area contributed by atoms with Gasteiger partial charge in [-0.05, 0) is 49.2 Å². The van der Waals surface area contributed by atoms with Crippen LogP contribution >= 0.6 is 22.7 Å². The summed E-state index contributed by atoms with van der Waals surface area (Å²) in [5.41, 5.74) is 4.78. The van der Waals surface area contributed by atoms with Gasteiger partial charge in [0.1, 0.15) is 0 Å². The lowest BCUT2D eigenvalue weighted by Crippen LogP contribution is -2.13. The molecule has 6 nitrogen and oxygen atoms in total.